The predicted molar refractivity (Wildman–Crippen MR) is 104 cm³/mol. The van der Waals surface area contributed by atoms with Crippen molar-refractivity contribution in [1.29, 1.82) is 5.41 Å². The molecule has 0 spiro atoms. The molecule has 27 heavy (non-hydrogen) atoms. The minimum atomic E-state index is -0.280. The molecule has 1 aromatic carbocycles. The highest BCUT2D eigenvalue weighted by Gasteiger charge is 2.07. The van der Waals surface area contributed by atoms with Crippen LogP contribution < -0.4 is 16.4 Å². The molecule has 2 aromatic heterocycles. The predicted octanol–water partition coefficient (Wildman–Crippen LogP) is 3.32. The van der Waals surface area contributed by atoms with E-state index in [0.717, 1.165) is 11.1 Å². The summed E-state index contributed by atoms with van der Waals surface area (Å²) < 4.78 is 13.0. The average molecular weight is 363 g/mol. The number of allylic oxidation sites excluding steroid dienone is 1. The first kappa shape index (κ1) is 18.0. The fraction of sp³-hybridized carbons (Fsp3) is 0.0526. The van der Waals surface area contributed by atoms with Crippen molar-refractivity contribution >= 4 is 29.2 Å². The molecule has 136 valence electrons. The normalized spacial score (nSPS) is 11.1. The highest BCUT2D eigenvalue weighted by atomic mass is 19.1. The van der Waals surface area contributed by atoms with E-state index in [-0.39, 0.29) is 5.82 Å². The molecular weight excluding hydrogens is 345 g/mol. The molecule has 0 aliphatic rings. The number of nitrogens with one attached hydrogen (secondary N) is 3. The van der Waals surface area contributed by atoms with Crippen LogP contribution in [0.15, 0.2) is 61.2 Å². The number of pyridine rings is 1. The maximum atomic E-state index is 13.0. The molecule has 0 saturated heterocycles. The van der Waals surface area contributed by atoms with Gasteiger partial charge >= 0.3 is 0 Å². The molecule has 3 rings (SSSR count). The molecule has 7 nitrogen and oxygen atoms in total. The third-order valence-corrected chi connectivity index (χ3v) is 3.70. The molecule has 2 heterocycles. The van der Waals surface area contributed by atoms with Gasteiger partial charge in [-0.05, 0) is 35.4 Å². The van der Waals surface area contributed by atoms with E-state index in [1.165, 1.54) is 24.5 Å². The van der Waals surface area contributed by atoms with Gasteiger partial charge in [-0.2, -0.15) is 0 Å². The van der Waals surface area contributed by atoms with Crippen molar-refractivity contribution < 1.29 is 4.39 Å². The van der Waals surface area contributed by atoms with Crippen molar-refractivity contribution in [3.05, 3.63) is 78.1 Å². The van der Waals surface area contributed by atoms with Gasteiger partial charge in [0, 0.05) is 36.9 Å². The molecule has 0 saturated carbocycles. The largest absolute Gasteiger partial charge is 0.404 e. The lowest BCUT2D eigenvalue weighted by molar-refractivity contribution is 0.627. The standard InChI is InChI=1S/C19H18FN7/c20-16-3-1-13(2-4-16)11-25-17-7-14(15(9-21)10-22)8-18(26-17)27-19-12-23-5-6-24-19/h1-10,12,21H,11,22H2,(H2,24,25,26,27)/b15-10+,21-9?. The Labute approximate surface area is 155 Å². The SMILES string of the molecule is N=C/C(=C\N)c1cc(NCc2ccc(F)cc2)nc(Nc2cnccn2)c1. The Morgan fingerprint density at radius 1 is 1.11 bits per heavy atom. The number of anilines is 3. The number of halogens is 1. The lowest BCUT2D eigenvalue weighted by Crippen LogP contribution is -2.05. The molecule has 0 aliphatic heterocycles. The maximum Gasteiger partial charge on any atom is 0.150 e. The van der Waals surface area contributed by atoms with Gasteiger partial charge in [-0.15, -0.1) is 0 Å². The molecule has 3 aromatic rings. The summed E-state index contributed by atoms with van der Waals surface area (Å²) >= 11 is 0. The van der Waals surface area contributed by atoms with Crippen LogP contribution in [0, 0.1) is 11.2 Å². The van der Waals surface area contributed by atoms with Crippen molar-refractivity contribution in [3.8, 4) is 0 Å². The van der Waals surface area contributed by atoms with Gasteiger partial charge < -0.3 is 21.8 Å². The number of nitrogens with zero attached hydrogens (tertiary/aromatic N) is 3. The lowest BCUT2D eigenvalue weighted by atomic mass is 10.1. The zero-order chi connectivity index (χ0) is 19.1. The van der Waals surface area contributed by atoms with Crippen molar-refractivity contribution in [2.75, 3.05) is 10.6 Å². The smallest absolute Gasteiger partial charge is 0.150 e. The van der Waals surface area contributed by atoms with E-state index < -0.39 is 0 Å². The Balaban J connectivity index is 1.86. The van der Waals surface area contributed by atoms with E-state index in [1.54, 1.807) is 42.9 Å². The molecule has 0 radical (unpaired) electrons. The Bertz CT molecular complexity index is 940. The number of aromatic nitrogens is 3. The third kappa shape index (κ3) is 4.85. The van der Waals surface area contributed by atoms with Gasteiger partial charge in [-0.1, -0.05) is 12.1 Å². The summed E-state index contributed by atoms with van der Waals surface area (Å²) in [6.45, 7) is 0.466. The van der Waals surface area contributed by atoms with Gasteiger partial charge in [0.05, 0.1) is 6.20 Å². The molecular formula is C19H18FN7. The lowest BCUT2D eigenvalue weighted by Gasteiger charge is -2.12. The first-order valence-corrected chi connectivity index (χ1v) is 8.14. The van der Waals surface area contributed by atoms with Crippen LogP contribution in [-0.2, 0) is 6.54 Å². The monoisotopic (exact) mass is 363 g/mol. The van der Waals surface area contributed by atoms with Gasteiger partial charge in [0.2, 0.25) is 0 Å². The molecule has 0 amide bonds. The fourth-order valence-corrected chi connectivity index (χ4v) is 2.37. The summed E-state index contributed by atoms with van der Waals surface area (Å²) in [6.07, 6.45) is 7.26. The average Bonchev–Trinajstić information content (AvgIpc) is 2.69. The first-order chi connectivity index (χ1) is 13.2. The van der Waals surface area contributed by atoms with Crippen LogP contribution in [-0.4, -0.2) is 21.2 Å². The summed E-state index contributed by atoms with van der Waals surface area (Å²) in [6, 6.07) is 9.77. The molecule has 5 N–H and O–H groups in total. The number of nitrogens with two attached hydrogens (primary N) is 1. The molecule has 0 bridgehead atoms. The summed E-state index contributed by atoms with van der Waals surface area (Å²) in [5, 5.41) is 13.8. The van der Waals surface area contributed by atoms with Crippen LogP contribution in [0.1, 0.15) is 11.1 Å². The van der Waals surface area contributed by atoms with Crippen LogP contribution in [0.5, 0.6) is 0 Å². The minimum Gasteiger partial charge on any atom is -0.404 e. The topological polar surface area (TPSA) is 113 Å². The Morgan fingerprint density at radius 3 is 2.56 bits per heavy atom. The zero-order valence-corrected chi connectivity index (χ0v) is 14.4. The molecule has 0 unspecified atom stereocenters. The van der Waals surface area contributed by atoms with Crippen LogP contribution >= 0.6 is 0 Å². The highest BCUT2D eigenvalue weighted by Crippen LogP contribution is 2.22. The van der Waals surface area contributed by atoms with E-state index >= 15 is 0 Å². The fourth-order valence-electron chi connectivity index (χ4n) is 2.37. The third-order valence-electron chi connectivity index (χ3n) is 3.70. The van der Waals surface area contributed by atoms with Crippen LogP contribution in [0.4, 0.5) is 21.8 Å². The van der Waals surface area contributed by atoms with Crippen LogP contribution in [0.2, 0.25) is 0 Å². The molecule has 0 aliphatic carbocycles. The Hall–Kier alpha value is -3.81. The number of hydrogen-bond donors (Lipinski definition) is 4. The van der Waals surface area contributed by atoms with E-state index in [1.807, 2.05) is 0 Å². The quantitative estimate of drug-likeness (QED) is 0.479. The number of rotatable bonds is 7. The van der Waals surface area contributed by atoms with Gasteiger partial charge in [-0.25, -0.2) is 14.4 Å². The van der Waals surface area contributed by atoms with E-state index in [0.29, 0.717) is 29.6 Å². The molecule has 0 fully saturated rings. The number of benzene rings is 1. The highest BCUT2D eigenvalue weighted by molar-refractivity contribution is 6.08. The van der Waals surface area contributed by atoms with E-state index in [9.17, 15) is 4.39 Å². The Kier molecular flexibility index (Phi) is 5.68. The second-order valence-corrected chi connectivity index (χ2v) is 5.59. The maximum absolute atomic E-state index is 13.0. The Morgan fingerprint density at radius 2 is 1.89 bits per heavy atom. The van der Waals surface area contributed by atoms with Crippen molar-refractivity contribution in [1.82, 2.24) is 15.0 Å². The van der Waals surface area contributed by atoms with Crippen molar-refractivity contribution in [2.45, 2.75) is 6.54 Å². The van der Waals surface area contributed by atoms with Crippen molar-refractivity contribution in [2.24, 2.45) is 5.73 Å². The van der Waals surface area contributed by atoms with Gasteiger partial charge in [-0.3, -0.25) is 4.98 Å². The first-order valence-electron chi connectivity index (χ1n) is 8.14. The summed E-state index contributed by atoms with van der Waals surface area (Å²) in [5.41, 5.74) is 7.79. The molecule has 0 atom stereocenters. The second-order valence-electron chi connectivity index (χ2n) is 5.59. The summed E-state index contributed by atoms with van der Waals surface area (Å²) in [7, 11) is 0. The van der Waals surface area contributed by atoms with Gasteiger partial charge in [0.25, 0.3) is 0 Å². The molecule has 8 heteroatoms. The number of hydrogen-bond acceptors (Lipinski definition) is 7. The van der Waals surface area contributed by atoms with Crippen LogP contribution in [0.25, 0.3) is 5.57 Å². The van der Waals surface area contributed by atoms with Gasteiger partial charge in [0.1, 0.15) is 23.3 Å². The second kappa shape index (κ2) is 8.52. The summed E-state index contributed by atoms with van der Waals surface area (Å²) in [4.78, 5) is 12.7. The van der Waals surface area contributed by atoms with Crippen molar-refractivity contribution in [3.63, 3.8) is 0 Å². The van der Waals surface area contributed by atoms with Crippen LogP contribution in [0.3, 0.4) is 0 Å². The van der Waals surface area contributed by atoms with E-state index in [4.69, 9.17) is 11.1 Å². The zero-order valence-electron chi connectivity index (χ0n) is 14.4. The summed E-state index contributed by atoms with van der Waals surface area (Å²) in [5.74, 6) is 1.36. The van der Waals surface area contributed by atoms with Gasteiger partial charge in [0.15, 0.2) is 0 Å². The van der Waals surface area contributed by atoms with E-state index in [2.05, 4.69) is 25.6 Å². The minimum absolute atomic E-state index is 0.280.